The maximum atomic E-state index is 5.96. The minimum Gasteiger partial charge on any atom is -0.356 e. The van der Waals surface area contributed by atoms with Crippen molar-refractivity contribution in [3.63, 3.8) is 0 Å². The van der Waals surface area contributed by atoms with E-state index in [1.807, 2.05) is 13.0 Å². The molecule has 0 bridgehead atoms. The molecular formula is C15H23ClN4. The Morgan fingerprint density at radius 2 is 1.85 bits per heavy atom. The zero-order chi connectivity index (χ0) is 13.9. The van der Waals surface area contributed by atoms with Gasteiger partial charge >= 0.3 is 0 Å². The molecule has 0 unspecified atom stereocenters. The molecule has 0 atom stereocenters. The van der Waals surface area contributed by atoms with E-state index in [9.17, 15) is 0 Å². The summed E-state index contributed by atoms with van der Waals surface area (Å²) in [4.78, 5) is 13.5. The van der Waals surface area contributed by atoms with Crippen LogP contribution in [0.15, 0.2) is 6.07 Å². The molecular weight excluding hydrogens is 272 g/mol. The fourth-order valence-corrected chi connectivity index (χ4v) is 3.57. The van der Waals surface area contributed by atoms with E-state index in [1.165, 1.54) is 45.3 Å². The highest BCUT2D eigenvalue weighted by molar-refractivity contribution is 6.28. The first-order chi connectivity index (χ1) is 9.70. The highest BCUT2D eigenvalue weighted by atomic mass is 35.5. The zero-order valence-corrected chi connectivity index (χ0v) is 12.9. The van der Waals surface area contributed by atoms with Crippen LogP contribution in [0, 0.1) is 12.8 Å². The fourth-order valence-electron chi connectivity index (χ4n) is 3.35. The van der Waals surface area contributed by atoms with Gasteiger partial charge in [-0.2, -0.15) is 0 Å². The van der Waals surface area contributed by atoms with Crippen molar-refractivity contribution in [1.29, 1.82) is 0 Å². The Morgan fingerprint density at radius 3 is 2.50 bits per heavy atom. The molecule has 110 valence electrons. The van der Waals surface area contributed by atoms with Gasteiger partial charge in [-0.3, -0.25) is 0 Å². The normalized spacial score (nSPS) is 21.6. The molecule has 2 saturated heterocycles. The summed E-state index contributed by atoms with van der Waals surface area (Å²) in [6.07, 6.45) is 5.30. The summed E-state index contributed by atoms with van der Waals surface area (Å²) < 4.78 is 0. The van der Waals surface area contributed by atoms with E-state index >= 15 is 0 Å². The van der Waals surface area contributed by atoms with Crippen molar-refractivity contribution in [3.8, 4) is 0 Å². The number of hydrogen-bond acceptors (Lipinski definition) is 4. The van der Waals surface area contributed by atoms with E-state index in [2.05, 4.69) is 19.8 Å². The van der Waals surface area contributed by atoms with Gasteiger partial charge in [0, 0.05) is 31.4 Å². The van der Waals surface area contributed by atoms with Crippen LogP contribution in [-0.2, 0) is 0 Å². The number of likely N-dealkylation sites (tertiary alicyclic amines) is 1. The van der Waals surface area contributed by atoms with Gasteiger partial charge in [-0.1, -0.05) is 0 Å². The first-order valence-corrected chi connectivity index (χ1v) is 8.07. The molecule has 0 spiro atoms. The fraction of sp³-hybridized carbons (Fsp3) is 0.733. The van der Waals surface area contributed by atoms with Crippen molar-refractivity contribution < 1.29 is 0 Å². The van der Waals surface area contributed by atoms with Gasteiger partial charge < -0.3 is 9.80 Å². The van der Waals surface area contributed by atoms with E-state index < -0.39 is 0 Å². The molecule has 5 heteroatoms. The van der Waals surface area contributed by atoms with Gasteiger partial charge in [0.1, 0.15) is 5.82 Å². The summed E-state index contributed by atoms with van der Waals surface area (Å²) in [5.41, 5.74) is 0.944. The lowest BCUT2D eigenvalue weighted by Crippen LogP contribution is -2.38. The number of halogens is 1. The minimum atomic E-state index is 0.360. The van der Waals surface area contributed by atoms with Crippen LogP contribution in [0.3, 0.4) is 0 Å². The lowest BCUT2D eigenvalue weighted by Gasteiger charge is -2.34. The maximum Gasteiger partial charge on any atom is 0.224 e. The van der Waals surface area contributed by atoms with Crippen LogP contribution in [0.5, 0.6) is 0 Å². The number of anilines is 1. The summed E-state index contributed by atoms with van der Waals surface area (Å²) in [7, 11) is 0. The van der Waals surface area contributed by atoms with Crippen LogP contribution in [0.1, 0.15) is 31.4 Å². The first-order valence-electron chi connectivity index (χ1n) is 7.69. The van der Waals surface area contributed by atoms with Gasteiger partial charge in [0.05, 0.1) is 0 Å². The molecule has 1 aromatic heterocycles. The molecule has 2 aliphatic heterocycles. The molecule has 0 amide bonds. The van der Waals surface area contributed by atoms with Gasteiger partial charge in [0.15, 0.2) is 0 Å². The molecule has 0 aromatic carbocycles. The van der Waals surface area contributed by atoms with Crippen molar-refractivity contribution in [3.05, 3.63) is 17.0 Å². The number of rotatable bonds is 3. The van der Waals surface area contributed by atoms with Gasteiger partial charge in [-0.05, 0) is 63.2 Å². The molecule has 0 aliphatic carbocycles. The molecule has 0 N–H and O–H groups in total. The largest absolute Gasteiger partial charge is 0.356 e. The molecule has 0 saturated carbocycles. The summed E-state index contributed by atoms with van der Waals surface area (Å²) >= 11 is 5.96. The third kappa shape index (κ3) is 3.41. The van der Waals surface area contributed by atoms with Gasteiger partial charge in [0.2, 0.25) is 5.28 Å². The van der Waals surface area contributed by atoms with Gasteiger partial charge in [-0.15, -0.1) is 0 Å². The second-order valence-corrected chi connectivity index (χ2v) is 6.41. The van der Waals surface area contributed by atoms with Crippen molar-refractivity contribution in [2.24, 2.45) is 5.92 Å². The number of aromatic nitrogens is 2. The molecule has 1 aromatic rings. The third-order valence-corrected chi connectivity index (χ3v) is 4.64. The maximum absolute atomic E-state index is 5.96. The second-order valence-electron chi connectivity index (χ2n) is 6.07. The molecule has 2 fully saturated rings. The van der Waals surface area contributed by atoms with E-state index in [1.54, 1.807) is 0 Å². The minimum absolute atomic E-state index is 0.360. The predicted molar refractivity (Wildman–Crippen MR) is 82.4 cm³/mol. The monoisotopic (exact) mass is 294 g/mol. The average molecular weight is 295 g/mol. The van der Waals surface area contributed by atoms with Crippen LogP contribution in [0.4, 0.5) is 5.82 Å². The predicted octanol–water partition coefficient (Wildman–Crippen LogP) is 2.75. The number of aryl methyl sites for hydroxylation is 1. The molecule has 3 heterocycles. The zero-order valence-electron chi connectivity index (χ0n) is 12.2. The SMILES string of the molecule is Cc1cc(N2CCC(CN3CCCC3)CC2)nc(Cl)n1. The molecule has 4 nitrogen and oxygen atoms in total. The van der Waals surface area contributed by atoms with Crippen LogP contribution in [-0.4, -0.2) is 47.6 Å². The second kappa shape index (κ2) is 6.27. The molecule has 2 aliphatic rings. The Balaban J connectivity index is 1.55. The van der Waals surface area contributed by atoms with Crippen LogP contribution < -0.4 is 4.90 Å². The summed E-state index contributed by atoms with van der Waals surface area (Å²) in [5.74, 6) is 1.84. The average Bonchev–Trinajstić information content (AvgIpc) is 2.91. The van der Waals surface area contributed by atoms with E-state index in [4.69, 9.17) is 11.6 Å². The van der Waals surface area contributed by atoms with Crippen LogP contribution in [0.25, 0.3) is 0 Å². The lowest BCUT2D eigenvalue weighted by atomic mass is 9.96. The summed E-state index contributed by atoms with van der Waals surface area (Å²) in [5, 5.41) is 0.360. The Kier molecular flexibility index (Phi) is 4.41. The summed E-state index contributed by atoms with van der Waals surface area (Å²) in [6.45, 7) is 8.05. The van der Waals surface area contributed by atoms with Crippen molar-refractivity contribution in [2.75, 3.05) is 37.6 Å². The van der Waals surface area contributed by atoms with Crippen molar-refractivity contribution in [1.82, 2.24) is 14.9 Å². The number of nitrogens with zero attached hydrogens (tertiary/aromatic N) is 4. The Labute approximate surface area is 126 Å². The highest BCUT2D eigenvalue weighted by Crippen LogP contribution is 2.24. The highest BCUT2D eigenvalue weighted by Gasteiger charge is 2.23. The smallest absolute Gasteiger partial charge is 0.224 e. The quantitative estimate of drug-likeness (QED) is 0.803. The third-order valence-electron chi connectivity index (χ3n) is 4.47. The van der Waals surface area contributed by atoms with Gasteiger partial charge in [-0.25, -0.2) is 9.97 Å². The molecule has 20 heavy (non-hydrogen) atoms. The van der Waals surface area contributed by atoms with E-state index in [0.717, 1.165) is 30.5 Å². The van der Waals surface area contributed by atoms with Crippen LogP contribution >= 0.6 is 11.6 Å². The van der Waals surface area contributed by atoms with Gasteiger partial charge in [0.25, 0.3) is 0 Å². The Hall–Kier alpha value is -0.870. The summed E-state index contributed by atoms with van der Waals surface area (Å²) in [6, 6.07) is 2.03. The molecule has 3 rings (SSSR count). The topological polar surface area (TPSA) is 32.3 Å². The lowest BCUT2D eigenvalue weighted by molar-refractivity contribution is 0.249. The van der Waals surface area contributed by atoms with Crippen molar-refractivity contribution in [2.45, 2.75) is 32.6 Å². The standard InChI is InChI=1S/C15H23ClN4/c1-12-10-14(18-15(16)17-12)20-8-4-13(5-9-20)11-19-6-2-3-7-19/h10,13H,2-9,11H2,1H3. The Bertz CT molecular complexity index is 431. The van der Waals surface area contributed by atoms with E-state index in [0.29, 0.717) is 5.28 Å². The number of hydrogen-bond donors (Lipinski definition) is 0. The van der Waals surface area contributed by atoms with E-state index in [-0.39, 0.29) is 0 Å². The van der Waals surface area contributed by atoms with Crippen LogP contribution in [0.2, 0.25) is 5.28 Å². The van der Waals surface area contributed by atoms with Crippen molar-refractivity contribution >= 4 is 17.4 Å². The first kappa shape index (κ1) is 14.1. The number of piperidine rings is 1. The molecule has 0 radical (unpaired) electrons. The Morgan fingerprint density at radius 1 is 1.15 bits per heavy atom.